The van der Waals surface area contributed by atoms with Gasteiger partial charge in [-0.25, -0.2) is 17.6 Å². The summed E-state index contributed by atoms with van der Waals surface area (Å²) in [6, 6.07) is 0. The maximum Gasteiger partial charge on any atom is 0.276 e. The van der Waals surface area contributed by atoms with Gasteiger partial charge in [0.2, 0.25) is 0 Å². The molecule has 0 aromatic carbocycles. The maximum absolute atomic E-state index is 13.0. The Hall–Kier alpha value is -0.260. The number of thioether (sulfide) groups is 1. The van der Waals surface area contributed by atoms with Crippen molar-refractivity contribution in [3.63, 3.8) is 0 Å². The van der Waals surface area contributed by atoms with Gasteiger partial charge in [-0.2, -0.15) is 0 Å². The van der Waals surface area contributed by atoms with E-state index < -0.39 is 24.7 Å². The second kappa shape index (κ2) is 7.14. The second-order valence-corrected chi connectivity index (χ2v) is 4.77. The van der Waals surface area contributed by atoms with Crippen LogP contribution >= 0.6 is 11.8 Å². The van der Waals surface area contributed by atoms with Crippen molar-refractivity contribution in [3.8, 4) is 0 Å². The molecule has 0 aliphatic heterocycles. The van der Waals surface area contributed by atoms with Gasteiger partial charge in [0.05, 0.1) is 0 Å². The summed E-state index contributed by atoms with van der Waals surface area (Å²) in [6.45, 7) is 2.11. The van der Waals surface area contributed by atoms with Crippen LogP contribution in [0.3, 0.4) is 0 Å². The molecule has 16 heavy (non-hydrogen) atoms. The zero-order chi connectivity index (χ0) is 12.8. The van der Waals surface area contributed by atoms with Crippen molar-refractivity contribution in [1.29, 1.82) is 0 Å². The number of alkyl halides is 4. The molecule has 0 heterocycles. The normalized spacial score (nSPS) is 15.9. The van der Waals surface area contributed by atoms with Crippen LogP contribution in [0.1, 0.15) is 33.1 Å². The average Bonchev–Trinajstić information content (AvgIpc) is 2.15. The van der Waals surface area contributed by atoms with Gasteiger partial charge in [-0.1, -0.05) is 18.7 Å². The van der Waals surface area contributed by atoms with Crippen LogP contribution in [0.15, 0.2) is 0 Å². The van der Waals surface area contributed by atoms with Crippen molar-refractivity contribution in [2.75, 3.05) is 5.75 Å². The molecule has 0 saturated heterocycles. The summed E-state index contributed by atoms with van der Waals surface area (Å²) in [4.78, 5) is 10.8. The lowest BCUT2D eigenvalue weighted by Gasteiger charge is -2.17. The second-order valence-electron chi connectivity index (χ2n) is 3.62. The highest BCUT2D eigenvalue weighted by molar-refractivity contribution is 8.13. The largest absolute Gasteiger partial charge is 0.287 e. The highest BCUT2D eigenvalue weighted by Gasteiger charge is 2.35. The molecule has 0 aromatic rings. The molecule has 0 saturated carbocycles. The minimum atomic E-state index is -3.50. The molecule has 0 aliphatic carbocycles. The molecule has 0 rings (SSSR count). The number of rotatable bonds is 7. The number of hydrogen-bond donors (Lipinski definition) is 0. The first-order valence-electron chi connectivity index (χ1n) is 5.09. The highest BCUT2D eigenvalue weighted by atomic mass is 32.2. The highest BCUT2D eigenvalue weighted by Crippen LogP contribution is 2.26. The Balaban J connectivity index is 3.74. The van der Waals surface area contributed by atoms with Crippen molar-refractivity contribution >= 4 is 16.9 Å². The Bertz CT molecular complexity index is 217. The van der Waals surface area contributed by atoms with Gasteiger partial charge in [0.1, 0.15) is 6.17 Å². The lowest BCUT2D eigenvalue weighted by atomic mass is 10.1. The van der Waals surface area contributed by atoms with E-state index in [0.29, 0.717) is 13.3 Å². The van der Waals surface area contributed by atoms with Gasteiger partial charge in [-0.3, -0.25) is 4.79 Å². The molecule has 96 valence electrons. The predicted molar refractivity (Wildman–Crippen MR) is 57.4 cm³/mol. The van der Waals surface area contributed by atoms with Gasteiger partial charge in [0.15, 0.2) is 11.3 Å². The van der Waals surface area contributed by atoms with Crippen LogP contribution in [0.5, 0.6) is 0 Å². The van der Waals surface area contributed by atoms with Gasteiger partial charge in [0, 0.05) is 25.5 Å². The fourth-order valence-electron chi connectivity index (χ4n) is 0.952. The molecule has 0 aromatic heterocycles. The molecule has 1 nitrogen and oxygen atoms in total. The molecular formula is C10H16F4OS. The Kier molecular flexibility index (Phi) is 7.03. The first-order chi connectivity index (χ1) is 7.27. The standard InChI is InChI=1S/C10H16F4OS/c1-3-9(15)16-5-4-7(11)6-8(12)10(2,13)14/h7-8H,3-6H2,1-2H3. The Morgan fingerprint density at radius 2 is 1.94 bits per heavy atom. The Labute approximate surface area is 97.0 Å². The van der Waals surface area contributed by atoms with Crippen LogP contribution < -0.4 is 0 Å². The van der Waals surface area contributed by atoms with Crippen LogP contribution in [-0.2, 0) is 4.79 Å². The van der Waals surface area contributed by atoms with Crippen LogP contribution in [0.2, 0.25) is 0 Å². The first kappa shape index (κ1) is 15.7. The van der Waals surface area contributed by atoms with Gasteiger partial charge >= 0.3 is 0 Å². The van der Waals surface area contributed by atoms with Gasteiger partial charge in [-0.05, 0) is 6.42 Å². The summed E-state index contributed by atoms with van der Waals surface area (Å²) in [5, 5.41) is -0.0789. The molecule has 0 bridgehead atoms. The molecule has 0 fully saturated rings. The summed E-state index contributed by atoms with van der Waals surface area (Å²) in [5.74, 6) is -3.30. The molecule has 0 spiro atoms. The number of hydrogen-bond acceptors (Lipinski definition) is 2. The molecule has 0 radical (unpaired) electrons. The zero-order valence-electron chi connectivity index (χ0n) is 9.31. The van der Waals surface area contributed by atoms with Crippen LogP contribution in [0.25, 0.3) is 0 Å². The lowest BCUT2D eigenvalue weighted by Crippen LogP contribution is -2.29. The van der Waals surface area contributed by atoms with E-state index >= 15 is 0 Å². The minimum absolute atomic E-state index is 0.0765. The summed E-state index contributed by atoms with van der Waals surface area (Å²) in [7, 11) is 0. The molecule has 0 N–H and O–H groups in total. The van der Waals surface area contributed by atoms with E-state index in [9.17, 15) is 22.4 Å². The Morgan fingerprint density at radius 3 is 2.38 bits per heavy atom. The monoisotopic (exact) mass is 260 g/mol. The predicted octanol–water partition coefficient (Wildman–Crippen LogP) is 3.77. The fraction of sp³-hybridized carbons (Fsp3) is 0.900. The van der Waals surface area contributed by atoms with Crippen molar-refractivity contribution in [2.24, 2.45) is 0 Å². The maximum atomic E-state index is 13.0. The number of carbonyl (C=O) groups is 1. The van der Waals surface area contributed by atoms with E-state index in [0.717, 1.165) is 11.8 Å². The fourth-order valence-corrected chi connectivity index (χ4v) is 1.76. The van der Waals surface area contributed by atoms with Gasteiger partial charge < -0.3 is 0 Å². The molecule has 0 amide bonds. The third-order valence-corrected chi connectivity index (χ3v) is 3.05. The topological polar surface area (TPSA) is 17.1 Å². The van der Waals surface area contributed by atoms with E-state index in [1.54, 1.807) is 6.92 Å². The Morgan fingerprint density at radius 1 is 1.38 bits per heavy atom. The van der Waals surface area contributed by atoms with Crippen LogP contribution in [0.4, 0.5) is 17.6 Å². The summed E-state index contributed by atoms with van der Waals surface area (Å²) >= 11 is 0.950. The third-order valence-electron chi connectivity index (χ3n) is 2.00. The van der Waals surface area contributed by atoms with E-state index in [1.807, 2.05) is 0 Å². The van der Waals surface area contributed by atoms with Crippen LogP contribution in [0, 0.1) is 0 Å². The number of halogens is 4. The summed E-state index contributed by atoms with van der Waals surface area (Å²) < 4.78 is 50.5. The van der Waals surface area contributed by atoms with Crippen molar-refractivity contribution in [2.45, 2.75) is 51.4 Å². The van der Waals surface area contributed by atoms with Gasteiger partial charge in [0.25, 0.3) is 5.92 Å². The van der Waals surface area contributed by atoms with Gasteiger partial charge in [-0.15, -0.1) is 0 Å². The van der Waals surface area contributed by atoms with Crippen molar-refractivity contribution in [1.82, 2.24) is 0 Å². The van der Waals surface area contributed by atoms with Crippen LogP contribution in [-0.4, -0.2) is 29.1 Å². The van der Waals surface area contributed by atoms with E-state index in [1.165, 1.54) is 0 Å². The average molecular weight is 260 g/mol. The minimum Gasteiger partial charge on any atom is -0.287 e. The zero-order valence-corrected chi connectivity index (χ0v) is 10.1. The lowest BCUT2D eigenvalue weighted by molar-refractivity contribution is -0.110. The van der Waals surface area contributed by atoms with Crippen molar-refractivity contribution in [3.05, 3.63) is 0 Å². The summed E-state index contributed by atoms with van der Waals surface area (Å²) in [6.07, 6.45) is -4.63. The molecule has 0 aliphatic rings. The quantitative estimate of drug-likeness (QED) is 0.648. The first-order valence-corrected chi connectivity index (χ1v) is 6.07. The molecular weight excluding hydrogens is 244 g/mol. The third kappa shape index (κ3) is 7.09. The van der Waals surface area contributed by atoms with E-state index in [2.05, 4.69) is 0 Å². The molecule has 2 atom stereocenters. The van der Waals surface area contributed by atoms with Crippen molar-refractivity contribution < 1.29 is 22.4 Å². The SMILES string of the molecule is CCC(=O)SCCC(F)CC(F)C(C)(F)F. The number of carbonyl (C=O) groups excluding carboxylic acids is 1. The summed E-state index contributed by atoms with van der Waals surface area (Å²) in [5.41, 5.74) is 0. The molecule has 6 heteroatoms. The molecule has 2 unspecified atom stereocenters. The van der Waals surface area contributed by atoms with E-state index in [4.69, 9.17) is 0 Å². The van der Waals surface area contributed by atoms with E-state index in [-0.39, 0.29) is 17.3 Å². The smallest absolute Gasteiger partial charge is 0.276 e.